The van der Waals surface area contributed by atoms with E-state index in [0.29, 0.717) is 13.0 Å². The number of hydrogen-bond donors (Lipinski definition) is 0. The summed E-state index contributed by atoms with van der Waals surface area (Å²) in [6, 6.07) is 11.4. The van der Waals surface area contributed by atoms with E-state index in [1.165, 1.54) is 19.3 Å². The van der Waals surface area contributed by atoms with E-state index >= 15 is 0 Å². The smallest absolute Gasteiger partial charge is 0.329 e. The summed E-state index contributed by atoms with van der Waals surface area (Å²) >= 11 is 0. The lowest BCUT2D eigenvalue weighted by atomic mass is 9.49. The fourth-order valence-electron chi connectivity index (χ4n) is 7.36. The van der Waals surface area contributed by atoms with E-state index in [2.05, 4.69) is 4.98 Å². The Labute approximate surface area is 183 Å². The van der Waals surface area contributed by atoms with Crippen LogP contribution in [0.1, 0.15) is 57.1 Å². The fraction of sp³-hybridized carbons (Fsp3) is 0.577. The number of carbonyl (C=O) groups excluding carboxylic acids is 2. The molecule has 31 heavy (non-hydrogen) atoms. The van der Waals surface area contributed by atoms with Crippen LogP contribution in [0.25, 0.3) is 10.9 Å². The minimum Gasteiger partial charge on any atom is -0.458 e. The van der Waals surface area contributed by atoms with Crippen LogP contribution in [0.2, 0.25) is 0 Å². The first-order chi connectivity index (χ1) is 15.1. The lowest BCUT2D eigenvalue weighted by Crippen LogP contribution is -2.56. The number of amides is 1. The topological polar surface area (TPSA) is 59.5 Å². The van der Waals surface area contributed by atoms with E-state index in [0.717, 1.165) is 60.0 Å². The Morgan fingerprint density at radius 1 is 1.00 bits per heavy atom. The predicted octanol–water partition coefficient (Wildman–Crippen LogP) is 4.49. The monoisotopic (exact) mass is 418 g/mol. The second kappa shape index (κ2) is 7.32. The van der Waals surface area contributed by atoms with Crippen LogP contribution in [-0.2, 0) is 20.9 Å². The third-order valence-electron chi connectivity index (χ3n) is 8.30. The van der Waals surface area contributed by atoms with E-state index in [9.17, 15) is 9.59 Å². The fourth-order valence-corrected chi connectivity index (χ4v) is 7.36. The Balaban J connectivity index is 1.15. The third-order valence-corrected chi connectivity index (χ3v) is 8.30. The molecule has 1 aromatic carbocycles. The molecule has 2 aromatic rings. The van der Waals surface area contributed by atoms with E-state index in [-0.39, 0.29) is 23.9 Å². The third kappa shape index (κ3) is 3.33. The van der Waals surface area contributed by atoms with E-state index in [1.54, 1.807) is 0 Å². The minimum atomic E-state index is -0.430. The number of hydrogen-bond acceptors (Lipinski definition) is 4. The normalized spacial score (nSPS) is 33.7. The molecule has 1 aromatic heterocycles. The van der Waals surface area contributed by atoms with Gasteiger partial charge in [0.2, 0.25) is 5.91 Å². The van der Waals surface area contributed by atoms with Gasteiger partial charge in [0, 0.05) is 11.9 Å². The first kappa shape index (κ1) is 19.3. The van der Waals surface area contributed by atoms with Crippen LogP contribution in [0.5, 0.6) is 0 Å². The summed E-state index contributed by atoms with van der Waals surface area (Å²) in [5.74, 6) is 2.15. The molecule has 5 heteroatoms. The number of para-hydroxylation sites is 1. The number of fused-ring (bicyclic) bond motifs is 1. The Bertz CT molecular complexity index is 997. The maximum Gasteiger partial charge on any atom is 0.329 e. The zero-order chi connectivity index (χ0) is 21.0. The molecule has 4 bridgehead atoms. The van der Waals surface area contributed by atoms with Crippen LogP contribution in [0.3, 0.4) is 0 Å². The number of esters is 1. The van der Waals surface area contributed by atoms with Crippen LogP contribution in [0.4, 0.5) is 0 Å². The Hall–Kier alpha value is -2.43. The zero-order valence-corrected chi connectivity index (χ0v) is 18.0. The van der Waals surface area contributed by atoms with Gasteiger partial charge < -0.3 is 9.64 Å². The lowest BCUT2D eigenvalue weighted by Gasteiger charge is -2.56. The minimum absolute atomic E-state index is 0.152. The average molecular weight is 419 g/mol. The first-order valence-electron chi connectivity index (χ1n) is 11.9. The van der Waals surface area contributed by atoms with Gasteiger partial charge in [-0.15, -0.1) is 0 Å². The quantitative estimate of drug-likeness (QED) is 0.687. The van der Waals surface area contributed by atoms with Crippen LogP contribution in [0.15, 0.2) is 36.4 Å². The van der Waals surface area contributed by atoms with Crippen molar-refractivity contribution in [3.05, 3.63) is 42.1 Å². The molecule has 1 aliphatic heterocycles. The lowest BCUT2D eigenvalue weighted by molar-refractivity contribution is -0.166. The highest BCUT2D eigenvalue weighted by Gasteiger charge is 2.56. The summed E-state index contributed by atoms with van der Waals surface area (Å²) in [7, 11) is 0. The number of ether oxygens (including phenoxy) is 1. The summed E-state index contributed by atoms with van der Waals surface area (Å²) in [5.41, 5.74) is 1.44. The number of aromatic nitrogens is 1. The van der Waals surface area contributed by atoms with E-state index < -0.39 is 6.04 Å². The molecule has 0 spiro atoms. The van der Waals surface area contributed by atoms with E-state index in [4.69, 9.17) is 4.74 Å². The number of pyridine rings is 1. The number of likely N-dealkylation sites (tertiary alicyclic amines) is 1. The van der Waals surface area contributed by atoms with Crippen molar-refractivity contribution in [3.63, 3.8) is 0 Å². The van der Waals surface area contributed by atoms with Crippen molar-refractivity contribution in [2.75, 3.05) is 6.54 Å². The Morgan fingerprint density at radius 2 is 1.71 bits per heavy atom. The zero-order valence-electron chi connectivity index (χ0n) is 18.0. The molecule has 1 saturated heterocycles. The summed E-state index contributed by atoms with van der Waals surface area (Å²) < 4.78 is 5.66. The molecule has 2 heterocycles. The molecule has 1 atom stereocenters. The molecule has 5 fully saturated rings. The van der Waals surface area contributed by atoms with Crippen LogP contribution in [-0.4, -0.2) is 34.3 Å². The van der Waals surface area contributed by atoms with Gasteiger partial charge in [0.1, 0.15) is 12.6 Å². The molecule has 4 aliphatic carbocycles. The van der Waals surface area contributed by atoms with Crippen molar-refractivity contribution >= 4 is 22.8 Å². The highest BCUT2D eigenvalue weighted by Crippen LogP contribution is 2.60. The standard InChI is InChI=1S/C26H30N2O3/c29-24(31-16-21-8-7-20-4-1-2-5-22(20)27-21)23-6-3-9-28(23)25(30)26-13-17-10-18(14-26)12-19(11-17)15-26/h1-2,4-5,7-8,17-19,23H,3,6,9-16H2/t17?,18?,19?,23-,26?/m1/s1. The molecule has 4 saturated carbocycles. The second-order valence-corrected chi connectivity index (χ2v) is 10.5. The maximum atomic E-state index is 13.7. The maximum absolute atomic E-state index is 13.7. The van der Waals surface area contributed by atoms with Crippen molar-refractivity contribution < 1.29 is 14.3 Å². The van der Waals surface area contributed by atoms with Crippen molar-refractivity contribution in [1.29, 1.82) is 0 Å². The Kier molecular flexibility index (Phi) is 4.55. The molecule has 1 amide bonds. The summed E-state index contributed by atoms with van der Waals surface area (Å²) in [5, 5.41) is 1.07. The van der Waals surface area contributed by atoms with Crippen molar-refractivity contribution in [2.24, 2.45) is 23.2 Å². The van der Waals surface area contributed by atoms with Crippen LogP contribution in [0, 0.1) is 23.2 Å². The van der Waals surface area contributed by atoms with Gasteiger partial charge in [0.25, 0.3) is 0 Å². The van der Waals surface area contributed by atoms with Gasteiger partial charge in [-0.25, -0.2) is 9.78 Å². The molecule has 0 N–H and O–H groups in total. The van der Waals surface area contributed by atoms with Crippen molar-refractivity contribution in [2.45, 2.75) is 64.0 Å². The summed E-state index contributed by atoms with van der Waals surface area (Å²) in [6.07, 6.45) is 8.66. The van der Waals surface area contributed by atoms with Gasteiger partial charge in [-0.05, 0) is 81.3 Å². The van der Waals surface area contributed by atoms with Gasteiger partial charge in [-0.2, -0.15) is 0 Å². The summed E-state index contributed by atoms with van der Waals surface area (Å²) in [4.78, 5) is 33.2. The van der Waals surface area contributed by atoms with Crippen molar-refractivity contribution in [1.82, 2.24) is 9.88 Å². The molecule has 5 aliphatic rings. The van der Waals surface area contributed by atoms with E-state index in [1.807, 2.05) is 41.3 Å². The number of carbonyl (C=O) groups is 2. The second-order valence-electron chi connectivity index (χ2n) is 10.5. The Morgan fingerprint density at radius 3 is 2.45 bits per heavy atom. The van der Waals surface area contributed by atoms with Crippen LogP contribution >= 0.6 is 0 Å². The molecular formula is C26H30N2O3. The SMILES string of the molecule is O=C(OCc1ccc2ccccc2n1)[C@H]1CCCN1C(=O)C12CC3CC(CC(C3)C1)C2. The average Bonchev–Trinajstić information content (AvgIpc) is 3.26. The number of rotatable bonds is 4. The highest BCUT2D eigenvalue weighted by molar-refractivity contribution is 5.89. The molecule has 0 radical (unpaired) electrons. The van der Waals surface area contributed by atoms with Gasteiger partial charge in [-0.3, -0.25) is 4.79 Å². The molecule has 162 valence electrons. The predicted molar refractivity (Wildman–Crippen MR) is 117 cm³/mol. The molecule has 5 nitrogen and oxygen atoms in total. The van der Waals surface area contributed by atoms with Gasteiger partial charge in [0.15, 0.2) is 0 Å². The molecular weight excluding hydrogens is 388 g/mol. The van der Waals surface area contributed by atoms with Crippen molar-refractivity contribution in [3.8, 4) is 0 Å². The first-order valence-corrected chi connectivity index (χ1v) is 11.9. The number of nitrogens with zero attached hydrogens (tertiary/aromatic N) is 2. The molecule has 7 rings (SSSR count). The molecule has 0 unspecified atom stereocenters. The van der Waals surface area contributed by atoms with Gasteiger partial charge in [0.05, 0.1) is 16.6 Å². The van der Waals surface area contributed by atoms with Crippen LogP contribution < -0.4 is 0 Å². The largest absolute Gasteiger partial charge is 0.458 e. The van der Waals surface area contributed by atoms with Gasteiger partial charge in [-0.1, -0.05) is 24.3 Å². The summed E-state index contributed by atoms with van der Waals surface area (Å²) in [6.45, 7) is 0.841. The van der Waals surface area contributed by atoms with Gasteiger partial charge >= 0.3 is 5.97 Å². The highest BCUT2D eigenvalue weighted by atomic mass is 16.5. The number of benzene rings is 1.